The first-order valence-corrected chi connectivity index (χ1v) is 7.76. The second-order valence-corrected chi connectivity index (χ2v) is 6.69. The van der Waals surface area contributed by atoms with E-state index in [4.69, 9.17) is 22.3 Å². The lowest BCUT2D eigenvalue weighted by Gasteiger charge is -2.05. The van der Waals surface area contributed by atoms with E-state index in [9.17, 15) is 8.42 Å². The fourth-order valence-corrected chi connectivity index (χ4v) is 3.14. The highest BCUT2D eigenvalue weighted by Crippen LogP contribution is 2.33. The summed E-state index contributed by atoms with van der Waals surface area (Å²) in [6.07, 6.45) is 4.15. The third-order valence-corrected chi connectivity index (χ3v) is 4.32. The highest BCUT2D eigenvalue weighted by molar-refractivity contribution is 8.14. The van der Waals surface area contributed by atoms with E-state index in [1.165, 1.54) is 23.5 Å². The maximum Gasteiger partial charge on any atom is 0.263 e. The van der Waals surface area contributed by atoms with Gasteiger partial charge in [0.05, 0.1) is 10.5 Å². The fourth-order valence-electron chi connectivity index (χ4n) is 1.88. The van der Waals surface area contributed by atoms with Crippen LogP contribution >= 0.6 is 22.3 Å². The summed E-state index contributed by atoms with van der Waals surface area (Å²) in [6.45, 7) is 0. The zero-order valence-corrected chi connectivity index (χ0v) is 11.5. The van der Waals surface area contributed by atoms with E-state index < -0.39 is 9.05 Å². The maximum absolute atomic E-state index is 11.5. The standard InChI is InChI=1S/C10H6Cl2N4O2S/c11-7-2-1-6-8(19(12,17)18)3-14-9(6)10(7)16-5-13-4-15-16/h1-5,14H. The van der Waals surface area contributed by atoms with E-state index in [1.54, 1.807) is 12.1 Å². The second-order valence-electron chi connectivity index (χ2n) is 3.75. The normalized spacial score (nSPS) is 12.1. The molecule has 1 aromatic carbocycles. The van der Waals surface area contributed by atoms with Crippen molar-refractivity contribution < 1.29 is 8.42 Å². The summed E-state index contributed by atoms with van der Waals surface area (Å²) >= 11 is 6.13. The van der Waals surface area contributed by atoms with E-state index in [0.717, 1.165) is 0 Å². The molecular formula is C10H6Cl2N4O2S. The van der Waals surface area contributed by atoms with Crippen molar-refractivity contribution in [2.75, 3.05) is 0 Å². The summed E-state index contributed by atoms with van der Waals surface area (Å²) in [7, 11) is 1.55. The van der Waals surface area contributed by atoms with Gasteiger partial charge in [-0.3, -0.25) is 0 Å². The van der Waals surface area contributed by atoms with Crippen LogP contribution in [0.15, 0.2) is 35.9 Å². The van der Waals surface area contributed by atoms with Crippen molar-refractivity contribution in [1.29, 1.82) is 0 Å². The van der Waals surface area contributed by atoms with Crippen molar-refractivity contribution >= 4 is 42.2 Å². The summed E-state index contributed by atoms with van der Waals surface area (Å²) in [5.41, 5.74) is 1.04. The van der Waals surface area contributed by atoms with Crippen molar-refractivity contribution in [1.82, 2.24) is 19.7 Å². The molecule has 0 atom stereocenters. The Kier molecular flexibility index (Phi) is 2.77. The number of hydrogen-bond donors (Lipinski definition) is 1. The third-order valence-electron chi connectivity index (χ3n) is 2.65. The SMILES string of the molecule is O=S(=O)(Cl)c1c[nH]c2c(-n3cncn3)c(Cl)ccc12. The summed E-state index contributed by atoms with van der Waals surface area (Å²) in [5.74, 6) is 0. The Hall–Kier alpha value is -1.57. The lowest BCUT2D eigenvalue weighted by molar-refractivity contribution is 0.610. The molecular weight excluding hydrogens is 311 g/mol. The Morgan fingerprint density at radius 1 is 1.32 bits per heavy atom. The van der Waals surface area contributed by atoms with Gasteiger partial charge in [0.15, 0.2) is 0 Å². The van der Waals surface area contributed by atoms with Gasteiger partial charge in [-0.1, -0.05) is 11.6 Å². The number of aromatic amines is 1. The van der Waals surface area contributed by atoms with E-state index in [-0.39, 0.29) is 4.90 Å². The number of halogens is 2. The largest absolute Gasteiger partial charge is 0.358 e. The minimum Gasteiger partial charge on any atom is -0.358 e. The van der Waals surface area contributed by atoms with Gasteiger partial charge in [-0.25, -0.2) is 18.1 Å². The van der Waals surface area contributed by atoms with Crippen molar-refractivity contribution in [3.63, 3.8) is 0 Å². The quantitative estimate of drug-likeness (QED) is 0.736. The van der Waals surface area contributed by atoms with Crippen molar-refractivity contribution in [3.05, 3.63) is 36.0 Å². The molecule has 0 bridgehead atoms. The molecule has 3 aromatic rings. The van der Waals surface area contributed by atoms with Crippen molar-refractivity contribution in [2.24, 2.45) is 0 Å². The molecule has 9 heteroatoms. The highest BCUT2D eigenvalue weighted by Gasteiger charge is 2.19. The van der Waals surface area contributed by atoms with Crippen LogP contribution in [0.2, 0.25) is 5.02 Å². The van der Waals surface area contributed by atoms with Gasteiger partial charge in [-0.2, -0.15) is 5.10 Å². The molecule has 0 spiro atoms. The number of fused-ring (bicyclic) bond motifs is 1. The molecule has 0 aliphatic carbocycles. The number of nitrogens with zero attached hydrogens (tertiary/aromatic N) is 3. The Morgan fingerprint density at radius 2 is 2.11 bits per heavy atom. The predicted molar refractivity (Wildman–Crippen MR) is 71.3 cm³/mol. The van der Waals surface area contributed by atoms with Gasteiger partial charge in [0.1, 0.15) is 23.2 Å². The Balaban J connectivity index is 2.41. The molecule has 0 unspecified atom stereocenters. The van der Waals surface area contributed by atoms with Crippen LogP contribution in [0.1, 0.15) is 0 Å². The predicted octanol–water partition coefficient (Wildman–Crippen LogP) is 2.33. The maximum atomic E-state index is 11.5. The average molecular weight is 317 g/mol. The molecule has 0 fully saturated rings. The first-order chi connectivity index (χ1) is 8.98. The monoisotopic (exact) mass is 316 g/mol. The molecule has 1 N–H and O–H groups in total. The molecule has 2 heterocycles. The minimum absolute atomic E-state index is 0.00204. The molecule has 19 heavy (non-hydrogen) atoms. The van der Waals surface area contributed by atoms with E-state index in [2.05, 4.69) is 15.1 Å². The lowest BCUT2D eigenvalue weighted by atomic mass is 10.2. The molecule has 2 aromatic heterocycles. The first kappa shape index (κ1) is 12.5. The second kappa shape index (κ2) is 4.22. The number of benzene rings is 1. The molecule has 0 aliphatic rings. The molecule has 3 rings (SSSR count). The molecule has 0 saturated heterocycles. The number of rotatable bonds is 2. The van der Waals surface area contributed by atoms with Crippen LogP contribution in [0.25, 0.3) is 16.6 Å². The van der Waals surface area contributed by atoms with Gasteiger partial charge in [0.2, 0.25) is 0 Å². The molecule has 0 amide bonds. The highest BCUT2D eigenvalue weighted by atomic mass is 35.7. The molecule has 0 aliphatic heterocycles. The number of nitrogens with one attached hydrogen (secondary N) is 1. The Labute approximate surface area is 117 Å². The Morgan fingerprint density at radius 3 is 2.74 bits per heavy atom. The van der Waals surface area contributed by atoms with Gasteiger partial charge in [-0.15, -0.1) is 0 Å². The lowest BCUT2D eigenvalue weighted by Crippen LogP contribution is -1.97. The number of H-pyrrole nitrogens is 1. The van der Waals surface area contributed by atoms with Gasteiger partial charge in [-0.05, 0) is 12.1 Å². The number of hydrogen-bond acceptors (Lipinski definition) is 4. The van der Waals surface area contributed by atoms with Crippen molar-refractivity contribution in [2.45, 2.75) is 4.90 Å². The van der Waals surface area contributed by atoms with Crippen LogP contribution < -0.4 is 0 Å². The minimum atomic E-state index is -3.83. The molecule has 0 radical (unpaired) electrons. The zero-order valence-electron chi connectivity index (χ0n) is 9.21. The molecule has 98 valence electrons. The van der Waals surface area contributed by atoms with Crippen LogP contribution in [-0.4, -0.2) is 28.2 Å². The van der Waals surface area contributed by atoms with Gasteiger partial charge in [0.25, 0.3) is 9.05 Å². The van der Waals surface area contributed by atoms with Crippen LogP contribution in [0.5, 0.6) is 0 Å². The van der Waals surface area contributed by atoms with E-state index in [0.29, 0.717) is 21.6 Å². The summed E-state index contributed by atoms with van der Waals surface area (Å²) < 4.78 is 24.4. The van der Waals surface area contributed by atoms with Crippen LogP contribution in [-0.2, 0) is 9.05 Å². The number of aromatic nitrogens is 4. The first-order valence-electron chi connectivity index (χ1n) is 5.08. The topological polar surface area (TPSA) is 80.6 Å². The Bertz CT molecular complexity index is 855. The summed E-state index contributed by atoms with van der Waals surface area (Å²) in [6, 6.07) is 3.17. The molecule has 0 saturated carbocycles. The molecule has 6 nitrogen and oxygen atoms in total. The van der Waals surface area contributed by atoms with E-state index in [1.807, 2.05) is 0 Å². The van der Waals surface area contributed by atoms with Crippen LogP contribution in [0.3, 0.4) is 0 Å². The summed E-state index contributed by atoms with van der Waals surface area (Å²) in [5, 5.41) is 4.85. The van der Waals surface area contributed by atoms with Crippen molar-refractivity contribution in [3.8, 4) is 5.69 Å². The van der Waals surface area contributed by atoms with E-state index >= 15 is 0 Å². The average Bonchev–Trinajstić information content (AvgIpc) is 2.94. The van der Waals surface area contributed by atoms with Gasteiger partial charge in [0, 0.05) is 22.3 Å². The van der Waals surface area contributed by atoms with Gasteiger partial charge < -0.3 is 4.98 Å². The van der Waals surface area contributed by atoms with Gasteiger partial charge >= 0.3 is 0 Å². The van der Waals surface area contributed by atoms with Crippen LogP contribution in [0, 0.1) is 0 Å². The third kappa shape index (κ3) is 1.99. The zero-order chi connectivity index (χ0) is 13.6. The van der Waals surface area contributed by atoms with Crippen LogP contribution in [0.4, 0.5) is 0 Å². The smallest absolute Gasteiger partial charge is 0.263 e. The summed E-state index contributed by atoms with van der Waals surface area (Å²) in [4.78, 5) is 6.69. The fraction of sp³-hybridized carbons (Fsp3) is 0.